The van der Waals surface area contributed by atoms with E-state index in [-0.39, 0.29) is 18.9 Å². The van der Waals surface area contributed by atoms with Crippen LogP contribution < -0.4 is 10.6 Å². The van der Waals surface area contributed by atoms with Crippen molar-refractivity contribution in [1.29, 1.82) is 0 Å². The lowest BCUT2D eigenvalue weighted by Gasteiger charge is -2.21. The van der Waals surface area contributed by atoms with Crippen LogP contribution in [0.1, 0.15) is 26.2 Å². The molecule has 114 valence electrons. The predicted octanol–water partition coefficient (Wildman–Crippen LogP) is -0.868. The van der Waals surface area contributed by atoms with Crippen molar-refractivity contribution in [2.24, 2.45) is 0 Å². The summed E-state index contributed by atoms with van der Waals surface area (Å²) in [7, 11) is 0. The molecule has 1 rings (SSSR count). The maximum atomic E-state index is 11.9. The lowest BCUT2D eigenvalue weighted by molar-refractivity contribution is -0.146. The molecular formula is C12H21N3O5. The van der Waals surface area contributed by atoms with E-state index in [1.807, 2.05) is 0 Å². The highest BCUT2D eigenvalue weighted by atomic mass is 16.4. The molecule has 2 unspecified atom stereocenters. The van der Waals surface area contributed by atoms with Crippen LogP contribution in [0.25, 0.3) is 0 Å². The first kappa shape index (κ1) is 16.2. The lowest BCUT2D eigenvalue weighted by atomic mass is 10.2. The Bertz CT molecular complexity index is 368. The fourth-order valence-electron chi connectivity index (χ4n) is 1.97. The molecule has 1 aliphatic rings. The third-order valence-corrected chi connectivity index (χ3v) is 3.12. The van der Waals surface area contributed by atoms with Crippen LogP contribution >= 0.6 is 0 Å². The summed E-state index contributed by atoms with van der Waals surface area (Å²) in [5, 5.41) is 22.4. The Hall–Kier alpha value is -1.83. The number of rotatable bonds is 6. The van der Waals surface area contributed by atoms with Crippen molar-refractivity contribution < 1.29 is 24.6 Å². The summed E-state index contributed by atoms with van der Waals surface area (Å²) in [6, 6.07) is -1.18. The van der Waals surface area contributed by atoms with Crippen molar-refractivity contribution in [1.82, 2.24) is 15.5 Å². The molecule has 1 heterocycles. The van der Waals surface area contributed by atoms with Crippen molar-refractivity contribution >= 4 is 17.9 Å². The Morgan fingerprint density at radius 3 is 2.40 bits per heavy atom. The van der Waals surface area contributed by atoms with Crippen molar-refractivity contribution in [2.75, 3.05) is 19.6 Å². The molecule has 8 nitrogen and oxygen atoms in total. The van der Waals surface area contributed by atoms with Crippen molar-refractivity contribution in [3.63, 3.8) is 0 Å². The number of aliphatic hydroxyl groups is 1. The Morgan fingerprint density at radius 2 is 1.85 bits per heavy atom. The van der Waals surface area contributed by atoms with Gasteiger partial charge >= 0.3 is 12.0 Å². The molecule has 0 aromatic heterocycles. The van der Waals surface area contributed by atoms with E-state index in [0.29, 0.717) is 0 Å². The number of urea groups is 1. The van der Waals surface area contributed by atoms with Gasteiger partial charge in [-0.1, -0.05) is 0 Å². The van der Waals surface area contributed by atoms with Gasteiger partial charge in [-0.05, 0) is 19.8 Å². The topological polar surface area (TPSA) is 119 Å². The SMILES string of the molecule is CC(NC(=O)NCCC(O)C(=O)O)C(=O)N1CCCC1. The number of carboxylic acids is 1. The minimum Gasteiger partial charge on any atom is -0.479 e. The summed E-state index contributed by atoms with van der Waals surface area (Å²) in [6.07, 6.45) is 0.381. The van der Waals surface area contributed by atoms with E-state index in [9.17, 15) is 14.4 Å². The number of aliphatic carboxylic acids is 1. The summed E-state index contributed by atoms with van der Waals surface area (Å²) in [6.45, 7) is 3.06. The lowest BCUT2D eigenvalue weighted by Crippen LogP contribution is -2.49. The van der Waals surface area contributed by atoms with Crippen LogP contribution in [0.5, 0.6) is 0 Å². The van der Waals surface area contributed by atoms with Gasteiger partial charge in [-0.2, -0.15) is 0 Å². The van der Waals surface area contributed by atoms with Crippen molar-refractivity contribution in [2.45, 2.75) is 38.3 Å². The highest BCUT2D eigenvalue weighted by molar-refractivity contribution is 5.86. The van der Waals surface area contributed by atoms with Crippen LogP contribution in [-0.4, -0.2) is 64.8 Å². The van der Waals surface area contributed by atoms with Crippen LogP contribution in [0.4, 0.5) is 4.79 Å². The first-order valence-electron chi connectivity index (χ1n) is 6.66. The Balaban J connectivity index is 2.23. The van der Waals surface area contributed by atoms with E-state index >= 15 is 0 Å². The number of nitrogens with zero attached hydrogens (tertiary/aromatic N) is 1. The number of carbonyl (C=O) groups excluding carboxylic acids is 2. The van der Waals surface area contributed by atoms with Gasteiger partial charge in [-0.25, -0.2) is 9.59 Å². The molecule has 0 aromatic rings. The zero-order valence-electron chi connectivity index (χ0n) is 11.5. The molecule has 0 aliphatic carbocycles. The molecule has 4 N–H and O–H groups in total. The summed E-state index contributed by atoms with van der Waals surface area (Å²) < 4.78 is 0. The van der Waals surface area contributed by atoms with E-state index in [4.69, 9.17) is 10.2 Å². The number of nitrogens with one attached hydrogen (secondary N) is 2. The van der Waals surface area contributed by atoms with Crippen LogP contribution in [0.15, 0.2) is 0 Å². The van der Waals surface area contributed by atoms with Gasteiger partial charge in [-0.15, -0.1) is 0 Å². The quantitative estimate of drug-likeness (QED) is 0.506. The van der Waals surface area contributed by atoms with E-state index in [2.05, 4.69) is 10.6 Å². The normalized spacial score (nSPS) is 17.4. The first-order valence-corrected chi connectivity index (χ1v) is 6.66. The number of likely N-dealkylation sites (tertiary alicyclic amines) is 1. The number of aliphatic hydroxyl groups excluding tert-OH is 1. The molecule has 3 amide bonds. The largest absolute Gasteiger partial charge is 0.479 e. The Kier molecular flexibility index (Phi) is 6.23. The third-order valence-electron chi connectivity index (χ3n) is 3.12. The monoisotopic (exact) mass is 287 g/mol. The summed E-state index contributed by atoms with van der Waals surface area (Å²) in [5.74, 6) is -1.45. The van der Waals surface area contributed by atoms with Gasteiger partial charge in [0.15, 0.2) is 6.10 Å². The van der Waals surface area contributed by atoms with E-state index in [1.54, 1.807) is 11.8 Å². The highest BCUT2D eigenvalue weighted by Crippen LogP contribution is 2.08. The number of amides is 3. The Labute approximate surface area is 117 Å². The highest BCUT2D eigenvalue weighted by Gasteiger charge is 2.24. The second kappa shape index (κ2) is 7.68. The van der Waals surface area contributed by atoms with Gasteiger partial charge in [0.05, 0.1) is 0 Å². The van der Waals surface area contributed by atoms with Crippen LogP contribution in [-0.2, 0) is 9.59 Å². The van der Waals surface area contributed by atoms with Gasteiger partial charge in [0.25, 0.3) is 0 Å². The predicted molar refractivity (Wildman–Crippen MR) is 70.1 cm³/mol. The average Bonchev–Trinajstić information content (AvgIpc) is 2.91. The molecule has 2 atom stereocenters. The zero-order valence-corrected chi connectivity index (χ0v) is 11.5. The smallest absolute Gasteiger partial charge is 0.332 e. The average molecular weight is 287 g/mol. The zero-order chi connectivity index (χ0) is 15.1. The number of hydrogen-bond donors (Lipinski definition) is 4. The van der Waals surface area contributed by atoms with Crippen molar-refractivity contribution in [3.05, 3.63) is 0 Å². The van der Waals surface area contributed by atoms with Crippen molar-refractivity contribution in [3.8, 4) is 0 Å². The molecular weight excluding hydrogens is 266 g/mol. The van der Waals surface area contributed by atoms with Gasteiger partial charge in [0.1, 0.15) is 6.04 Å². The maximum absolute atomic E-state index is 11.9. The standard InChI is InChI=1S/C12H21N3O5/c1-8(10(17)15-6-2-3-7-15)14-12(20)13-5-4-9(16)11(18)19/h8-9,16H,2-7H2,1H3,(H,18,19)(H2,13,14,20). The molecule has 8 heteroatoms. The van der Waals surface area contributed by atoms with E-state index < -0.39 is 24.1 Å². The van der Waals surface area contributed by atoms with Gasteiger partial charge < -0.3 is 25.7 Å². The molecule has 1 saturated heterocycles. The van der Waals surface area contributed by atoms with Crippen LogP contribution in [0.2, 0.25) is 0 Å². The fraction of sp³-hybridized carbons (Fsp3) is 0.750. The van der Waals surface area contributed by atoms with Gasteiger partial charge in [0, 0.05) is 26.1 Å². The second-order valence-corrected chi connectivity index (χ2v) is 4.80. The van der Waals surface area contributed by atoms with Gasteiger partial charge in [-0.3, -0.25) is 4.79 Å². The van der Waals surface area contributed by atoms with Crippen LogP contribution in [0.3, 0.4) is 0 Å². The Morgan fingerprint density at radius 1 is 1.25 bits per heavy atom. The van der Waals surface area contributed by atoms with E-state index in [1.165, 1.54) is 0 Å². The molecule has 0 aromatic carbocycles. The molecule has 1 fully saturated rings. The van der Waals surface area contributed by atoms with E-state index in [0.717, 1.165) is 25.9 Å². The summed E-state index contributed by atoms with van der Waals surface area (Å²) in [5.41, 5.74) is 0. The molecule has 20 heavy (non-hydrogen) atoms. The summed E-state index contributed by atoms with van der Waals surface area (Å²) in [4.78, 5) is 35.5. The first-order chi connectivity index (χ1) is 9.41. The molecule has 0 bridgehead atoms. The summed E-state index contributed by atoms with van der Waals surface area (Å²) >= 11 is 0. The van der Waals surface area contributed by atoms with Crippen LogP contribution in [0, 0.1) is 0 Å². The third kappa shape index (κ3) is 5.04. The van der Waals surface area contributed by atoms with Gasteiger partial charge in [0.2, 0.25) is 5.91 Å². The molecule has 0 spiro atoms. The minimum absolute atomic E-state index is 0.0178. The fourth-order valence-corrected chi connectivity index (χ4v) is 1.97. The second-order valence-electron chi connectivity index (χ2n) is 4.80. The maximum Gasteiger partial charge on any atom is 0.332 e. The number of carbonyl (C=O) groups is 3. The number of carboxylic acid groups (broad SMARTS) is 1. The molecule has 0 radical (unpaired) electrons. The minimum atomic E-state index is -1.50. The number of hydrogen-bond acceptors (Lipinski definition) is 4. The molecule has 1 aliphatic heterocycles. The molecule has 0 saturated carbocycles.